The highest BCUT2D eigenvalue weighted by Gasteiger charge is 2.34. The number of aromatic nitrogens is 2. The van der Waals surface area contributed by atoms with Crippen LogP contribution in [0.5, 0.6) is 6.01 Å². The van der Waals surface area contributed by atoms with Crippen molar-refractivity contribution >= 4 is 17.8 Å². The minimum atomic E-state index is -2.27. The van der Waals surface area contributed by atoms with Crippen molar-refractivity contribution in [2.24, 2.45) is 0 Å². The summed E-state index contributed by atoms with van der Waals surface area (Å²) >= 11 is 0. The first-order valence-corrected chi connectivity index (χ1v) is 12.6. The van der Waals surface area contributed by atoms with Gasteiger partial charge in [-0.3, -0.25) is 9.69 Å². The lowest BCUT2D eigenvalue weighted by atomic mass is 10.0. The molecule has 2 aliphatic rings. The van der Waals surface area contributed by atoms with Crippen LogP contribution < -0.4 is 4.74 Å². The van der Waals surface area contributed by atoms with Crippen LogP contribution in [0.3, 0.4) is 0 Å². The number of carbonyl (C=O) groups excluding carboxylic acids is 1. The highest BCUT2D eigenvalue weighted by atomic mass is 19.1. The lowest BCUT2D eigenvalue weighted by Gasteiger charge is -2.31. The minimum Gasteiger partial charge on any atom is -0.479 e. The van der Waals surface area contributed by atoms with Crippen molar-refractivity contribution in [1.29, 1.82) is 0 Å². The average molecular weight is 549 g/mol. The Hall–Kier alpha value is -3.68. The molecule has 2 aliphatic heterocycles. The molecule has 212 valence electrons. The van der Waals surface area contributed by atoms with E-state index in [9.17, 15) is 18.8 Å². The number of amides is 1. The van der Waals surface area contributed by atoms with Gasteiger partial charge in [0.25, 0.3) is 5.91 Å². The van der Waals surface area contributed by atoms with Crippen LogP contribution in [-0.4, -0.2) is 109 Å². The number of methoxy groups -OCH3 is 1. The van der Waals surface area contributed by atoms with E-state index in [0.717, 1.165) is 25.9 Å². The van der Waals surface area contributed by atoms with Gasteiger partial charge in [-0.15, -0.1) is 0 Å². The fourth-order valence-electron chi connectivity index (χ4n) is 4.69. The lowest BCUT2D eigenvalue weighted by Crippen LogP contribution is -2.44. The molecule has 0 bridgehead atoms. The first kappa shape index (κ1) is 29.9. The quantitative estimate of drug-likeness (QED) is 0.374. The molecule has 4 atom stereocenters. The van der Waals surface area contributed by atoms with E-state index in [1.54, 1.807) is 24.5 Å². The number of nitrogens with zero attached hydrogens (tertiary/aromatic N) is 4. The van der Waals surface area contributed by atoms with E-state index in [0.29, 0.717) is 23.7 Å². The number of halogens is 1. The zero-order valence-corrected chi connectivity index (χ0v) is 21.7. The number of hydrogen-bond acceptors (Lipinski definition) is 9. The highest BCUT2D eigenvalue weighted by Crippen LogP contribution is 2.27. The highest BCUT2D eigenvalue weighted by molar-refractivity contribution is 5.95. The van der Waals surface area contributed by atoms with Gasteiger partial charge >= 0.3 is 17.9 Å². The van der Waals surface area contributed by atoms with E-state index >= 15 is 0 Å². The Kier molecular flexibility index (Phi) is 10.3. The monoisotopic (exact) mass is 548 g/mol. The minimum absolute atomic E-state index is 0.129. The molecule has 2 saturated heterocycles. The van der Waals surface area contributed by atoms with Crippen molar-refractivity contribution in [3.63, 3.8) is 0 Å². The number of hydrogen-bond donors (Lipinski definition) is 4. The van der Waals surface area contributed by atoms with Gasteiger partial charge in [-0.05, 0) is 56.8 Å². The molecule has 0 saturated carbocycles. The number of ether oxygens (including phenoxy) is 1. The summed E-state index contributed by atoms with van der Waals surface area (Å²) in [5.74, 6) is -4.26. The summed E-state index contributed by atoms with van der Waals surface area (Å²) in [6.07, 6.45) is 3.01. The molecule has 3 heterocycles. The van der Waals surface area contributed by atoms with Gasteiger partial charge in [-0.25, -0.2) is 23.9 Å². The normalized spacial score (nSPS) is 20.6. The Morgan fingerprint density at radius 3 is 2.15 bits per heavy atom. The first-order valence-electron chi connectivity index (χ1n) is 12.6. The Morgan fingerprint density at radius 2 is 1.64 bits per heavy atom. The average Bonchev–Trinajstić information content (AvgIpc) is 3.56. The number of aliphatic hydroxyl groups excluding tert-OH is 2. The molecule has 1 aromatic heterocycles. The number of aliphatic carboxylic acids is 2. The van der Waals surface area contributed by atoms with Crippen molar-refractivity contribution in [2.45, 2.75) is 56.9 Å². The molecule has 13 heteroatoms. The summed E-state index contributed by atoms with van der Waals surface area (Å²) in [5, 5.41) is 32.5. The van der Waals surface area contributed by atoms with Crippen molar-refractivity contribution in [2.75, 3.05) is 26.7 Å². The summed E-state index contributed by atoms with van der Waals surface area (Å²) in [5.41, 5.74) is 1.43. The van der Waals surface area contributed by atoms with Gasteiger partial charge in [0.05, 0.1) is 12.7 Å². The van der Waals surface area contributed by atoms with Crippen LogP contribution in [0.4, 0.5) is 4.39 Å². The van der Waals surface area contributed by atoms with Crippen LogP contribution in [0.1, 0.15) is 43.0 Å². The number of carboxylic acid groups (broad SMARTS) is 2. The van der Waals surface area contributed by atoms with Crippen molar-refractivity contribution in [1.82, 2.24) is 19.8 Å². The largest absolute Gasteiger partial charge is 0.479 e. The van der Waals surface area contributed by atoms with E-state index in [4.69, 9.17) is 25.2 Å². The molecule has 2 aromatic rings. The van der Waals surface area contributed by atoms with Crippen LogP contribution in [0, 0.1) is 5.82 Å². The summed E-state index contributed by atoms with van der Waals surface area (Å²) in [6.45, 7) is 4.91. The summed E-state index contributed by atoms with van der Waals surface area (Å²) < 4.78 is 19.8. The molecule has 2 fully saturated rings. The number of carboxylic acids is 2. The molecule has 0 spiro atoms. The maximum atomic E-state index is 14.9. The Labute approximate surface area is 224 Å². The fraction of sp³-hybridized carbons (Fsp3) is 0.500. The number of rotatable bonds is 8. The standard InChI is InChI=1S/C22H27FN4O2.C4H6O6/c1-15-5-3-9-26(15)14-18-6-4-10-27(18)21(28)19-8-7-16(11-20(19)23)17-12-24-22(29-2)25-13-17;5-1(3(7)8)2(6)4(9)10/h7-8,11-13,15,18H,3-6,9-10,14H2,1-2H3;1-2,5-6H,(H,7,8)(H,9,10)/t15-,18+;1-,2-/m11/s1. The molecule has 4 N–H and O–H groups in total. The van der Waals surface area contributed by atoms with Gasteiger partial charge in [0.2, 0.25) is 0 Å². The third kappa shape index (κ3) is 7.46. The van der Waals surface area contributed by atoms with Crippen molar-refractivity contribution < 1.29 is 43.9 Å². The van der Waals surface area contributed by atoms with Crippen LogP contribution in [-0.2, 0) is 9.59 Å². The van der Waals surface area contributed by atoms with Gasteiger partial charge in [0, 0.05) is 43.1 Å². The second-order valence-electron chi connectivity index (χ2n) is 9.50. The molecule has 0 aliphatic carbocycles. The molecule has 12 nitrogen and oxygen atoms in total. The molecular formula is C26H33FN4O8. The number of carbonyl (C=O) groups is 3. The Bertz CT molecular complexity index is 1150. The van der Waals surface area contributed by atoms with E-state index in [2.05, 4.69) is 21.8 Å². The first-order chi connectivity index (χ1) is 18.5. The third-order valence-corrected chi connectivity index (χ3v) is 6.92. The third-order valence-electron chi connectivity index (χ3n) is 6.92. The van der Waals surface area contributed by atoms with E-state index in [-0.39, 0.29) is 23.5 Å². The smallest absolute Gasteiger partial charge is 0.335 e. The fourth-order valence-corrected chi connectivity index (χ4v) is 4.69. The predicted molar refractivity (Wildman–Crippen MR) is 136 cm³/mol. The SMILES string of the molecule is COc1ncc(-c2ccc(C(=O)N3CCC[C@H]3CN3CCC[C@H]3C)c(F)c2)cn1.O=C(O)[C@H](O)[C@@H](O)C(=O)O. The van der Waals surface area contributed by atoms with Gasteiger partial charge in [-0.1, -0.05) is 6.07 Å². The Morgan fingerprint density at radius 1 is 1.03 bits per heavy atom. The van der Waals surface area contributed by atoms with Crippen LogP contribution in [0.2, 0.25) is 0 Å². The van der Waals surface area contributed by atoms with Crippen molar-refractivity contribution in [3.05, 3.63) is 42.0 Å². The summed E-state index contributed by atoms with van der Waals surface area (Å²) in [6, 6.07) is 5.69. The van der Waals surface area contributed by atoms with Gasteiger partial charge in [0.1, 0.15) is 5.82 Å². The van der Waals surface area contributed by atoms with Crippen molar-refractivity contribution in [3.8, 4) is 17.1 Å². The van der Waals surface area contributed by atoms with Gasteiger partial charge in [-0.2, -0.15) is 0 Å². The molecule has 0 unspecified atom stereocenters. The zero-order valence-electron chi connectivity index (χ0n) is 21.7. The molecule has 1 amide bonds. The van der Waals surface area contributed by atoms with E-state index < -0.39 is 30.0 Å². The van der Waals surface area contributed by atoms with Gasteiger partial charge in [0.15, 0.2) is 12.2 Å². The molecule has 4 rings (SSSR count). The molecule has 39 heavy (non-hydrogen) atoms. The van der Waals surface area contributed by atoms with Gasteiger partial charge < -0.3 is 30.1 Å². The summed E-state index contributed by atoms with van der Waals surface area (Å²) in [4.78, 5) is 45.1. The maximum Gasteiger partial charge on any atom is 0.335 e. The zero-order chi connectivity index (χ0) is 28.7. The van der Waals surface area contributed by atoms with Crippen LogP contribution in [0.15, 0.2) is 30.6 Å². The number of benzene rings is 1. The Balaban J connectivity index is 0.000000360. The van der Waals surface area contributed by atoms with Crippen LogP contribution >= 0.6 is 0 Å². The van der Waals surface area contributed by atoms with Crippen LogP contribution in [0.25, 0.3) is 11.1 Å². The van der Waals surface area contributed by atoms with E-state index in [1.165, 1.54) is 26.0 Å². The van der Waals surface area contributed by atoms with E-state index in [1.807, 2.05) is 4.90 Å². The second-order valence-corrected chi connectivity index (χ2v) is 9.50. The second kappa shape index (κ2) is 13.4. The molecule has 0 radical (unpaired) electrons. The number of aliphatic hydroxyl groups is 2. The topological polar surface area (TPSA) is 174 Å². The molecular weight excluding hydrogens is 515 g/mol. The lowest BCUT2D eigenvalue weighted by molar-refractivity contribution is -0.165. The number of likely N-dealkylation sites (tertiary alicyclic amines) is 2. The predicted octanol–water partition coefficient (Wildman–Crippen LogP) is 1.26. The molecule has 1 aromatic carbocycles. The summed E-state index contributed by atoms with van der Waals surface area (Å²) in [7, 11) is 1.49. The maximum absolute atomic E-state index is 14.9.